The van der Waals surface area contributed by atoms with Gasteiger partial charge in [0.25, 0.3) is 0 Å². The van der Waals surface area contributed by atoms with E-state index in [1.54, 1.807) is 7.11 Å². The summed E-state index contributed by atoms with van der Waals surface area (Å²) < 4.78 is 11.4. The van der Waals surface area contributed by atoms with Gasteiger partial charge in [0.15, 0.2) is 5.11 Å². The number of anilines is 1. The highest BCUT2D eigenvalue weighted by molar-refractivity contribution is 7.80. The van der Waals surface area contributed by atoms with Crippen LogP contribution in [-0.2, 0) is 11.3 Å². The van der Waals surface area contributed by atoms with E-state index in [2.05, 4.69) is 61.3 Å². The number of nitrogens with one attached hydrogen (secondary N) is 1. The number of methoxy groups -OCH3 is 1. The molecule has 156 valence electrons. The predicted molar refractivity (Wildman–Crippen MR) is 124 cm³/mol. The van der Waals surface area contributed by atoms with Crippen LogP contribution in [0.3, 0.4) is 0 Å². The van der Waals surface area contributed by atoms with E-state index in [9.17, 15) is 0 Å². The largest absolute Gasteiger partial charge is 0.495 e. The van der Waals surface area contributed by atoms with E-state index in [0.29, 0.717) is 11.0 Å². The molecule has 1 N–H and O–H groups in total. The molecule has 4 nitrogen and oxygen atoms in total. The lowest BCUT2D eigenvalue weighted by atomic mass is 10.0. The lowest BCUT2D eigenvalue weighted by Crippen LogP contribution is -2.39. The summed E-state index contributed by atoms with van der Waals surface area (Å²) in [6.45, 7) is 8.85. The lowest BCUT2D eigenvalue weighted by molar-refractivity contribution is 0.0905. The highest BCUT2D eigenvalue weighted by Gasteiger charge is 2.22. The van der Waals surface area contributed by atoms with E-state index < -0.39 is 0 Å². The van der Waals surface area contributed by atoms with Crippen LogP contribution in [-0.4, -0.2) is 36.4 Å². The molecular formula is C24H32N2O2S. The molecule has 1 heterocycles. The summed E-state index contributed by atoms with van der Waals surface area (Å²) in [5, 5.41) is 4.08. The molecule has 2 aromatic carbocycles. The van der Waals surface area contributed by atoms with Crippen LogP contribution in [0, 0.1) is 6.92 Å². The van der Waals surface area contributed by atoms with Crippen LogP contribution < -0.4 is 10.1 Å². The van der Waals surface area contributed by atoms with Gasteiger partial charge in [0.2, 0.25) is 0 Å². The second kappa shape index (κ2) is 10.1. The van der Waals surface area contributed by atoms with Crippen LogP contribution in [0.2, 0.25) is 0 Å². The van der Waals surface area contributed by atoms with Crippen molar-refractivity contribution in [3.8, 4) is 5.75 Å². The fraction of sp³-hybridized carbons (Fsp3) is 0.458. The lowest BCUT2D eigenvalue weighted by Gasteiger charge is -2.29. The summed E-state index contributed by atoms with van der Waals surface area (Å²) in [5.41, 5.74) is 4.63. The van der Waals surface area contributed by atoms with E-state index in [0.717, 1.165) is 49.5 Å². The molecule has 1 fully saturated rings. The Kier molecular flexibility index (Phi) is 7.51. The summed E-state index contributed by atoms with van der Waals surface area (Å²) in [7, 11) is 1.68. The van der Waals surface area contributed by atoms with Crippen LogP contribution in [0.4, 0.5) is 5.69 Å². The minimum Gasteiger partial charge on any atom is -0.495 e. The Morgan fingerprint density at radius 1 is 1.24 bits per heavy atom. The highest BCUT2D eigenvalue weighted by Crippen LogP contribution is 2.26. The third-order valence-electron chi connectivity index (χ3n) is 5.35. The summed E-state index contributed by atoms with van der Waals surface area (Å²) in [4.78, 5) is 2.20. The maximum Gasteiger partial charge on any atom is 0.173 e. The molecule has 0 bridgehead atoms. The third kappa shape index (κ3) is 5.94. The molecule has 0 spiro atoms. The SMILES string of the molecule is COc1cc(C)ccc1NC(=S)N(Cc1ccc(C(C)C)cc1)CC1CCCO1. The van der Waals surface area contributed by atoms with Crippen molar-refractivity contribution in [1.29, 1.82) is 0 Å². The summed E-state index contributed by atoms with van der Waals surface area (Å²) in [6, 6.07) is 14.9. The Bertz CT molecular complexity index is 814. The molecule has 0 saturated carbocycles. The third-order valence-corrected chi connectivity index (χ3v) is 5.71. The Balaban J connectivity index is 1.76. The van der Waals surface area contributed by atoms with Crippen LogP contribution >= 0.6 is 12.2 Å². The molecule has 0 aromatic heterocycles. The van der Waals surface area contributed by atoms with Gasteiger partial charge < -0.3 is 19.7 Å². The van der Waals surface area contributed by atoms with Gasteiger partial charge >= 0.3 is 0 Å². The molecule has 1 saturated heterocycles. The van der Waals surface area contributed by atoms with E-state index in [1.165, 1.54) is 11.1 Å². The number of hydrogen-bond acceptors (Lipinski definition) is 3. The number of rotatable bonds is 7. The molecule has 5 heteroatoms. The number of ether oxygens (including phenoxy) is 2. The molecule has 2 aromatic rings. The van der Waals surface area contributed by atoms with Crippen molar-refractivity contribution in [2.45, 2.75) is 52.2 Å². The van der Waals surface area contributed by atoms with Crippen LogP contribution in [0.1, 0.15) is 49.3 Å². The Labute approximate surface area is 180 Å². The topological polar surface area (TPSA) is 33.7 Å². The molecule has 1 atom stereocenters. The molecular weight excluding hydrogens is 380 g/mol. The predicted octanol–water partition coefficient (Wildman–Crippen LogP) is 5.51. The van der Waals surface area contributed by atoms with Gasteiger partial charge in [0.05, 0.1) is 18.9 Å². The van der Waals surface area contributed by atoms with Crippen LogP contribution in [0.25, 0.3) is 0 Å². The number of hydrogen-bond donors (Lipinski definition) is 1. The van der Waals surface area contributed by atoms with Gasteiger partial charge in [-0.3, -0.25) is 0 Å². The molecule has 29 heavy (non-hydrogen) atoms. The Hall–Kier alpha value is -2.11. The minimum absolute atomic E-state index is 0.226. The van der Waals surface area contributed by atoms with Crippen molar-refractivity contribution in [1.82, 2.24) is 4.90 Å². The second-order valence-corrected chi connectivity index (χ2v) is 8.43. The van der Waals surface area contributed by atoms with E-state index in [4.69, 9.17) is 21.7 Å². The molecule has 1 aliphatic heterocycles. The van der Waals surface area contributed by atoms with Gasteiger partial charge in [-0.15, -0.1) is 0 Å². The first-order valence-corrected chi connectivity index (χ1v) is 10.8. The van der Waals surface area contributed by atoms with Crippen molar-refractivity contribution in [3.63, 3.8) is 0 Å². The molecule has 0 amide bonds. The number of aryl methyl sites for hydroxylation is 1. The fourth-order valence-electron chi connectivity index (χ4n) is 3.58. The van der Waals surface area contributed by atoms with E-state index in [-0.39, 0.29) is 6.10 Å². The number of nitrogens with zero attached hydrogens (tertiary/aromatic N) is 1. The standard InChI is InChI=1S/C24H32N2O2S/c1-17(2)20-10-8-19(9-11-20)15-26(16-21-6-5-13-28-21)24(29)25-22-12-7-18(3)14-23(22)27-4/h7-12,14,17,21H,5-6,13,15-16H2,1-4H3,(H,25,29). The monoisotopic (exact) mass is 412 g/mol. The van der Waals surface area contributed by atoms with Crippen molar-refractivity contribution in [3.05, 3.63) is 59.2 Å². The van der Waals surface area contributed by atoms with Crippen molar-refractivity contribution in [2.75, 3.05) is 25.6 Å². The smallest absolute Gasteiger partial charge is 0.173 e. The molecule has 0 aliphatic carbocycles. The first-order chi connectivity index (χ1) is 14.0. The summed E-state index contributed by atoms with van der Waals surface area (Å²) in [5.74, 6) is 1.33. The zero-order valence-corrected chi connectivity index (χ0v) is 18.7. The molecule has 1 aliphatic rings. The van der Waals surface area contributed by atoms with Gasteiger partial charge in [-0.05, 0) is 66.7 Å². The Morgan fingerprint density at radius 2 is 2.00 bits per heavy atom. The summed E-state index contributed by atoms with van der Waals surface area (Å²) >= 11 is 5.80. The van der Waals surface area contributed by atoms with Crippen molar-refractivity contribution < 1.29 is 9.47 Å². The maximum absolute atomic E-state index is 5.88. The van der Waals surface area contributed by atoms with Crippen LogP contribution in [0.5, 0.6) is 5.75 Å². The van der Waals surface area contributed by atoms with Gasteiger partial charge in [0.1, 0.15) is 5.75 Å². The van der Waals surface area contributed by atoms with Gasteiger partial charge in [0, 0.05) is 19.7 Å². The second-order valence-electron chi connectivity index (χ2n) is 8.05. The molecule has 0 radical (unpaired) electrons. The van der Waals surface area contributed by atoms with Gasteiger partial charge in [-0.25, -0.2) is 0 Å². The highest BCUT2D eigenvalue weighted by atomic mass is 32.1. The average molecular weight is 413 g/mol. The zero-order chi connectivity index (χ0) is 20.8. The number of benzene rings is 2. The Morgan fingerprint density at radius 3 is 2.62 bits per heavy atom. The minimum atomic E-state index is 0.226. The van der Waals surface area contributed by atoms with Crippen molar-refractivity contribution in [2.24, 2.45) is 0 Å². The fourth-order valence-corrected chi connectivity index (χ4v) is 3.83. The number of thiocarbonyl (C=S) groups is 1. The van der Waals surface area contributed by atoms with Crippen molar-refractivity contribution >= 4 is 23.0 Å². The van der Waals surface area contributed by atoms with Crippen LogP contribution in [0.15, 0.2) is 42.5 Å². The normalized spacial score (nSPS) is 16.1. The van der Waals surface area contributed by atoms with E-state index in [1.807, 2.05) is 12.1 Å². The summed E-state index contributed by atoms with van der Waals surface area (Å²) in [6.07, 6.45) is 2.43. The maximum atomic E-state index is 5.88. The first-order valence-electron chi connectivity index (χ1n) is 10.4. The van der Waals surface area contributed by atoms with Gasteiger partial charge in [-0.1, -0.05) is 44.2 Å². The zero-order valence-electron chi connectivity index (χ0n) is 17.9. The average Bonchev–Trinajstić information content (AvgIpc) is 3.22. The quantitative estimate of drug-likeness (QED) is 0.607. The molecule has 1 unspecified atom stereocenters. The van der Waals surface area contributed by atoms with Gasteiger partial charge in [-0.2, -0.15) is 0 Å². The first kappa shape index (κ1) is 21.6. The van der Waals surface area contributed by atoms with E-state index >= 15 is 0 Å². The molecule has 3 rings (SSSR count).